The molecule has 1 fully saturated rings. The minimum Gasteiger partial charge on any atom is -0.380 e. The van der Waals surface area contributed by atoms with E-state index in [1.165, 1.54) is 25.3 Å². The number of benzene rings is 1. The summed E-state index contributed by atoms with van der Waals surface area (Å²) < 4.78 is 4.67. The molecule has 1 N–H and O–H groups in total. The average Bonchev–Trinajstić information content (AvgIpc) is 2.90. The van der Waals surface area contributed by atoms with Crippen LogP contribution in [0.5, 0.6) is 0 Å². The molecule has 0 amide bonds. The maximum Gasteiger partial charge on any atom is 0.300 e. The lowest BCUT2D eigenvalue weighted by Crippen LogP contribution is -2.30. The molecule has 1 aliphatic rings. The molecule has 2 unspecified atom stereocenters. The van der Waals surface area contributed by atoms with Crippen molar-refractivity contribution in [2.45, 2.75) is 38.6 Å². The van der Waals surface area contributed by atoms with E-state index in [1.807, 2.05) is 0 Å². The summed E-state index contributed by atoms with van der Waals surface area (Å²) >= 11 is 0. The number of nitrogens with zero attached hydrogens (tertiary/aromatic N) is 3. The lowest BCUT2D eigenvalue weighted by atomic mass is 9.86. The number of anilines is 1. The molecule has 0 saturated heterocycles. The van der Waals surface area contributed by atoms with E-state index in [1.54, 1.807) is 6.07 Å². The van der Waals surface area contributed by atoms with Crippen LogP contribution in [0.15, 0.2) is 16.8 Å². The number of nitro groups is 1. The summed E-state index contributed by atoms with van der Waals surface area (Å²) in [6.07, 6.45) is 4.77. The van der Waals surface area contributed by atoms with Crippen LogP contribution in [-0.2, 0) is 0 Å². The molecule has 1 aromatic heterocycles. The molecular weight excluding hydrogens is 260 g/mol. The standard InChI is InChI=1S/C13H16N4O3/c1-8-4-2-3-5-9(8)14-10-6-7-11(17(18)19)13-12(10)15-20-16-13/h6-9,14H,2-5H2,1H3. The van der Waals surface area contributed by atoms with E-state index in [0.717, 1.165) is 12.1 Å². The van der Waals surface area contributed by atoms with Crippen LogP contribution >= 0.6 is 0 Å². The third-order valence-electron chi connectivity index (χ3n) is 4.04. The van der Waals surface area contributed by atoms with Crippen molar-refractivity contribution in [2.75, 3.05) is 5.32 Å². The number of rotatable bonds is 3. The van der Waals surface area contributed by atoms with Gasteiger partial charge in [0.2, 0.25) is 5.52 Å². The van der Waals surface area contributed by atoms with Crippen molar-refractivity contribution in [2.24, 2.45) is 5.92 Å². The van der Waals surface area contributed by atoms with E-state index in [9.17, 15) is 10.1 Å². The van der Waals surface area contributed by atoms with Crippen molar-refractivity contribution in [1.82, 2.24) is 10.3 Å². The van der Waals surface area contributed by atoms with Crippen molar-refractivity contribution in [3.8, 4) is 0 Å². The number of fused-ring (bicyclic) bond motifs is 1. The van der Waals surface area contributed by atoms with Crippen LogP contribution in [0.3, 0.4) is 0 Å². The number of non-ortho nitro benzene ring substituents is 1. The second-order valence-electron chi connectivity index (χ2n) is 5.36. The highest BCUT2D eigenvalue weighted by atomic mass is 16.6. The predicted octanol–water partition coefficient (Wildman–Crippen LogP) is 3.12. The van der Waals surface area contributed by atoms with Gasteiger partial charge >= 0.3 is 5.69 Å². The van der Waals surface area contributed by atoms with Gasteiger partial charge in [-0.1, -0.05) is 19.8 Å². The molecule has 7 nitrogen and oxygen atoms in total. The van der Waals surface area contributed by atoms with E-state index in [4.69, 9.17) is 0 Å². The Morgan fingerprint density at radius 2 is 2.05 bits per heavy atom. The zero-order chi connectivity index (χ0) is 14.1. The summed E-state index contributed by atoms with van der Waals surface area (Å²) in [5.41, 5.74) is 1.30. The second kappa shape index (κ2) is 5.07. The average molecular weight is 276 g/mol. The zero-order valence-electron chi connectivity index (χ0n) is 11.2. The Morgan fingerprint density at radius 3 is 2.80 bits per heavy atom. The molecule has 1 saturated carbocycles. The first-order valence-electron chi connectivity index (χ1n) is 6.83. The molecule has 7 heteroatoms. The molecule has 1 aromatic carbocycles. The van der Waals surface area contributed by atoms with Gasteiger partial charge in [-0.2, -0.15) is 0 Å². The molecule has 0 radical (unpaired) electrons. The highest BCUT2D eigenvalue weighted by molar-refractivity contribution is 5.93. The monoisotopic (exact) mass is 276 g/mol. The molecule has 1 aliphatic carbocycles. The first-order valence-corrected chi connectivity index (χ1v) is 6.83. The molecule has 20 heavy (non-hydrogen) atoms. The Labute approximate surface area is 115 Å². The maximum atomic E-state index is 10.9. The van der Waals surface area contributed by atoms with E-state index >= 15 is 0 Å². The van der Waals surface area contributed by atoms with Crippen LogP contribution in [0.1, 0.15) is 32.6 Å². The van der Waals surface area contributed by atoms with Crippen LogP contribution < -0.4 is 5.32 Å². The van der Waals surface area contributed by atoms with Crippen LogP contribution in [0, 0.1) is 16.0 Å². The Bertz CT molecular complexity index is 640. The van der Waals surface area contributed by atoms with Gasteiger partial charge in [-0.15, -0.1) is 0 Å². The van der Waals surface area contributed by atoms with Gasteiger partial charge in [0, 0.05) is 12.1 Å². The first-order chi connectivity index (χ1) is 9.66. The Morgan fingerprint density at radius 1 is 1.30 bits per heavy atom. The van der Waals surface area contributed by atoms with Gasteiger partial charge in [0.15, 0.2) is 5.52 Å². The van der Waals surface area contributed by atoms with Crippen LogP contribution in [-0.4, -0.2) is 21.3 Å². The highest BCUT2D eigenvalue weighted by Crippen LogP contribution is 2.32. The summed E-state index contributed by atoms with van der Waals surface area (Å²) in [7, 11) is 0. The normalized spacial score (nSPS) is 22.9. The molecule has 2 aromatic rings. The largest absolute Gasteiger partial charge is 0.380 e. The third-order valence-corrected chi connectivity index (χ3v) is 4.04. The minimum atomic E-state index is -0.473. The van der Waals surface area contributed by atoms with Crippen LogP contribution in [0.25, 0.3) is 11.0 Å². The number of nitrogens with one attached hydrogen (secondary N) is 1. The van der Waals surface area contributed by atoms with Crippen LogP contribution in [0.2, 0.25) is 0 Å². The summed E-state index contributed by atoms with van der Waals surface area (Å²) in [4.78, 5) is 10.5. The molecule has 0 bridgehead atoms. The molecule has 106 valence electrons. The van der Waals surface area contributed by atoms with Gasteiger partial charge in [0.25, 0.3) is 0 Å². The molecule has 0 aliphatic heterocycles. The third kappa shape index (κ3) is 2.19. The topological polar surface area (TPSA) is 94.1 Å². The van der Waals surface area contributed by atoms with E-state index in [0.29, 0.717) is 17.5 Å². The number of aromatic nitrogens is 2. The zero-order valence-corrected chi connectivity index (χ0v) is 11.2. The van der Waals surface area contributed by atoms with Gasteiger partial charge in [0.05, 0.1) is 10.6 Å². The second-order valence-corrected chi connectivity index (χ2v) is 5.36. The Balaban J connectivity index is 1.94. The summed E-state index contributed by atoms with van der Waals surface area (Å²) in [5, 5.41) is 21.8. The van der Waals surface area contributed by atoms with E-state index < -0.39 is 4.92 Å². The molecule has 2 atom stereocenters. The first kappa shape index (κ1) is 12.8. The van der Waals surface area contributed by atoms with Gasteiger partial charge in [-0.05, 0) is 35.1 Å². The SMILES string of the molecule is CC1CCCCC1Nc1ccc([N+](=O)[O-])c2nonc12. The Kier molecular flexibility index (Phi) is 3.25. The molecular formula is C13H16N4O3. The fourth-order valence-electron chi connectivity index (χ4n) is 2.85. The molecule has 1 heterocycles. The number of nitro benzene ring substituents is 1. The van der Waals surface area contributed by atoms with Crippen molar-refractivity contribution >= 4 is 22.4 Å². The fraction of sp³-hybridized carbons (Fsp3) is 0.538. The quantitative estimate of drug-likeness (QED) is 0.683. The fourth-order valence-corrected chi connectivity index (χ4v) is 2.85. The predicted molar refractivity (Wildman–Crippen MR) is 73.5 cm³/mol. The van der Waals surface area contributed by atoms with Gasteiger partial charge in [-0.25, -0.2) is 4.63 Å². The highest BCUT2D eigenvalue weighted by Gasteiger charge is 2.24. The smallest absolute Gasteiger partial charge is 0.300 e. The van der Waals surface area contributed by atoms with Crippen molar-refractivity contribution < 1.29 is 9.55 Å². The molecule has 0 spiro atoms. The van der Waals surface area contributed by atoms with Gasteiger partial charge < -0.3 is 5.32 Å². The number of hydrogen-bond donors (Lipinski definition) is 1. The summed E-state index contributed by atoms with van der Waals surface area (Å²) in [5.74, 6) is 0.578. The van der Waals surface area contributed by atoms with Crippen LogP contribution in [0.4, 0.5) is 11.4 Å². The summed E-state index contributed by atoms with van der Waals surface area (Å²) in [6.45, 7) is 2.22. The van der Waals surface area contributed by atoms with Crippen molar-refractivity contribution in [3.05, 3.63) is 22.2 Å². The van der Waals surface area contributed by atoms with Crippen molar-refractivity contribution in [1.29, 1.82) is 0 Å². The lowest BCUT2D eigenvalue weighted by molar-refractivity contribution is -0.383. The van der Waals surface area contributed by atoms with Gasteiger partial charge in [0.1, 0.15) is 0 Å². The van der Waals surface area contributed by atoms with E-state index in [-0.39, 0.29) is 11.2 Å². The number of hydrogen-bond acceptors (Lipinski definition) is 6. The summed E-state index contributed by atoms with van der Waals surface area (Å²) in [6, 6.07) is 3.50. The Hall–Kier alpha value is -2.18. The lowest BCUT2D eigenvalue weighted by Gasteiger charge is -2.30. The van der Waals surface area contributed by atoms with Gasteiger partial charge in [-0.3, -0.25) is 10.1 Å². The minimum absolute atomic E-state index is 0.0801. The van der Waals surface area contributed by atoms with E-state index in [2.05, 4.69) is 27.2 Å². The molecule has 3 rings (SSSR count). The van der Waals surface area contributed by atoms with Crippen molar-refractivity contribution in [3.63, 3.8) is 0 Å². The maximum absolute atomic E-state index is 10.9.